The third-order valence-corrected chi connectivity index (χ3v) is 7.06. The molecule has 0 bridgehead atoms. The Labute approximate surface area is 199 Å². The molecule has 0 aliphatic carbocycles. The van der Waals surface area contributed by atoms with Gasteiger partial charge < -0.3 is 15.0 Å². The molecule has 1 aliphatic heterocycles. The van der Waals surface area contributed by atoms with Crippen LogP contribution in [0.25, 0.3) is 0 Å². The highest BCUT2D eigenvalue weighted by molar-refractivity contribution is 5.59. The van der Waals surface area contributed by atoms with E-state index in [1.807, 2.05) is 7.05 Å². The summed E-state index contributed by atoms with van der Waals surface area (Å²) in [7, 11) is 6.42. The third-order valence-electron chi connectivity index (χ3n) is 7.06. The zero-order valence-electron chi connectivity index (χ0n) is 20.2. The van der Waals surface area contributed by atoms with Crippen molar-refractivity contribution in [2.75, 3.05) is 45.7 Å². The summed E-state index contributed by atoms with van der Waals surface area (Å²) in [6.07, 6.45) is 3.11. The Kier molecular flexibility index (Phi) is 7.69. The summed E-state index contributed by atoms with van der Waals surface area (Å²) in [4.78, 5) is 4.91. The minimum Gasteiger partial charge on any atom is -0.484 e. The van der Waals surface area contributed by atoms with Gasteiger partial charge in [0.2, 0.25) is 0 Å². The SMILES string of the molecule is CNCCC(Oc1ccccc1N1CCC(c2ccccc2)(N(C)C)CC1)c1ccccc1. The number of para-hydroxylation sites is 2. The van der Waals surface area contributed by atoms with Crippen LogP contribution in [0.15, 0.2) is 84.9 Å². The summed E-state index contributed by atoms with van der Waals surface area (Å²) in [6.45, 7) is 2.91. The third kappa shape index (κ3) is 5.23. The van der Waals surface area contributed by atoms with E-state index in [-0.39, 0.29) is 11.6 Å². The van der Waals surface area contributed by atoms with Crippen LogP contribution in [0.4, 0.5) is 5.69 Å². The minimum absolute atomic E-state index is 0.0229. The molecule has 1 unspecified atom stereocenters. The van der Waals surface area contributed by atoms with Gasteiger partial charge in [0, 0.05) is 25.0 Å². The highest BCUT2D eigenvalue weighted by Gasteiger charge is 2.38. The average Bonchev–Trinajstić information content (AvgIpc) is 2.88. The summed E-state index contributed by atoms with van der Waals surface area (Å²) < 4.78 is 6.68. The Morgan fingerprint density at radius 3 is 2.12 bits per heavy atom. The van der Waals surface area contributed by atoms with E-state index in [0.29, 0.717) is 0 Å². The first-order valence-corrected chi connectivity index (χ1v) is 12.1. The summed E-state index contributed by atoms with van der Waals surface area (Å²) in [5, 5.41) is 3.27. The second-order valence-electron chi connectivity index (χ2n) is 9.16. The van der Waals surface area contributed by atoms with Gasteiger partial charge in [-0.05, 0) is 63.8 Å². The Bertz CT molecular complexity index is 982. The highest BCUT2D eigenvalue weighted by Crippen LogP contribution is 2.41. The predicted molar refractivity (Wildman–Crippen MR) is 138 cm³/mol. The molecule has 0 saturated carbocycles. The first-order chi connectivity index (χ1) is 16.1. The molecule has 1 saturated heterocycles. The van der Waals surface area contributed by atoms with E-state index >= 15 is 0 Å². The normalized spacial score (nSPS) is 16.5. The van der Waals surface area contributed by atoms with Crippen LogP contribution in [0, 0.1) is 0 Å². The van der Waals surface area contributed by atoms with E-state index in [4.69, 9.17) is 4.74 Å². The molecule has 1 N–H and O–H groups in total. The molecule has 4 nitrogen and oxygen atoms in total. The van der Waals surface area contributed by atoms with Crippen molar-refractivity contribution in [2.45, 2.75) is 30.9 Å². The number of piperidine rings is 1. The predicted octanol–water partition coefficient (Wildman–Crippen LogP) is 5.47. The van der Waals surface area contributed by atoms with Crippen LogP contribution < -0.4 is 15.0 Å². The number of ether oxygens (including phenoxy) is 1. The summed E-state index contributed by atoms with van der Waals surface area (Å²) >= 11 is 0. The fourth-order valence-electron chi connectivity index (χ4n) is 5.07. The van der Waals surface area contributed by atoms with Crippen molar-refractivity contribution in [1.82, 2.24) is 10.2 Å². The van der Waals surface area contributed by atoms with Gasteiger partial charge in [0.15, 0.2) is 0 Å². The molecule has 1 heterocycles. The van der Waals surface area contributed by atoms with Crippen LogP contribution in [0.1, 0.15) is 36.5 Å². The molecule has 1 atom stereocenters. The van der Waals surface area contributed by atoms with Gasteiger partial charge in [-0.25, -0.2) is 0 Å². The van der Waals surface area contributed by atoms with Gasteiger partial charge in [0.25, 0.3) is 0 Å². The topological polar surface area (TPSA) is 27.7 Å². The summed E-state index contributed by atoms with van der Waals surface area (Å²) in [5.74, 6) is 0.972. The van der Waals surface area contributed by atoms with E-state index in [2.05, 4.69) is 114 Å². The van der Waals surface area contributed by atoms with Crippen LogP contribution in [0.2, 0.25) is 0 Å². The second kappa shape index (κ2) is 10.9. The molecule has 0 spiro atoms. The van der Waals surface area contributed by atoms with Crippen LogP contribution in [0.5, 0.6) is 5.75 Å². The van der Waals surface area contributed by atoms with Gasteiger partial charge in [-0.3, -0.25) is 4.90 Å². The maximum Gasteiger partial charge on any atom is 0.143 e. The molecule has 1 fully saturated rings. The second-order valence-corrected chi connectivity index (χ2v) is 9.16. The Morgan fingerprint density at radius 1 is 0.879 bits per heavy atom. The number of rotatable bonds is 9. The summed E-state index contributed by atoms with van der Waals surface area (Å²) in [5.41, 5.74) is 3.91. The average molecular weight is 444 g/mol. The quantitative estimate of drug-likeness (QED) is 0.474. The monoisotopic (exact) mass is 443 g/mol. The lowest BCUT2D eigenvalue weighted by Gasteiger charge is -2.47. The first kappa shape index (κ1) is 23.3. The molecule has 3 aromatic rings. The molecule has 33 heavy (non-hydrogen) atoms. The van der Waals surface area contributed by atoms with Crippen molar-refractivity contribution < 1.29 is 4.74 Å². The number of hydrogen-bond donors (Lipinski definition) is 1. The van der Waals surface area contributed by atoms with E-state index in [1.165, 1.54) is 16.8 Å². The number of nitrogens with zero attached hydrogens (tertiary/aromatic N) is 2. The van der Waals surface area contributed by atoms with Crippen molar-refractivity contribution in [1.29, 1.82) is 0 Å². The highest BCUT2D eigenvalue weighted by atomic mass is 16.5. The molecular weight excluding hydrogens is 406 g/mol. The molecular formula is C29H37N3O. The molecule has 4 rings (SSSR count). The van der Waals surface area contributed by atoms with Gasteiger partial charge in [-0.1, -0.05) is 72.8 Å². The van der Waals surface area contributed by atoms with Gasteiger partial charge in [0.1, 0.15) is 11.9 Å². The van der Waals surface area contributed by atoms with Crippen LogP contribution in [0.3, 0.4) is 0 Å². The number of benzene rings is 3. The van der Waals surface area contributed by atoms with E-state index in [1.54, 1.807) is 0 Å². The standard InChI is InChI=1S/C29H37N3O/c1-30-21-18-27(24-12-6-4-7-13-24)33-28-17-11-10-16-26(28)32-22-19-29(20-23-32,31(2)3)25-14-8-5-9-15-25/h4-17,27,30H,18-23H2,1-3H3. The van der Waals surface area contributed by atoms with Gasteiger partial charge >= 0.3 is 0 Å². The van der Waals surface area contributed by atoms with Crippen molar-refractivity contribution in [3.05, 3.63) is 96.1 Å². The molecule has 4 heteroatoms. The van der Waals surface area contributed by atoms with Gasteiger partial charge in [0.05, 0.1) is 5.69 Å². The van der Waals surface area contributed by atoms with E-state index < -0.39 is 0 Å². The van der Waals surface area contributed by atoms with E-state index in [0.717, 1.165) is 44.6 Å². The molecule has 0 radical (unpaired) electrons. The number of nitrogens with one attached hydrogen (secondary N) is 1. The number of hydrogen-bond acceptors (Lipinski definition) is 4. The molecule has 3 aromatic carbocycles. The molecule has 0 aromatic heterocycles. The molecule has 174 valence electrons. The van der Waals surface area contributed by atoms with Crippen molar-refractivity contribution >= 4 is 5.69 Å². The van der Waals surface area contributed by atoms with Crippen LogP contribution in [-0.4, -0.2) is 45.7 Å². The number of anilines is 1. The Morgan fingerprint density at radius 2 is 1.48 bits per heavy atom. The fourth-order valence-corrected chi connectivity index (χ4v) is 5.07. The van der Waals surface area contributed by atoms with Gasteiger partial charge in [-0.15, -0.1) is 0 Å². The molecule has 1 aliphatic rings. The largest absolute Gasteiger partial charge is 0.484 e. The lowest BCUT2D eigenvalue weighted by atomic mass is 9.79. The zero-order chi connectivity index (χ0) is 23.1. The van der Waals surface area contributed by atoms with E-state index in [9.17, 15) is 0 Å². The lowest BCUT2D eigenvalue weighted by Crippen LogP contribution is -2.50. The van der Waals surface area contributed by atoms with Crippen LogP contribution >= 0.6 is 0 Å². The van der Waals surface area contributed by atoms with Crippen LogP contribution in [-0.2, 0) is 5.54 Å². The maximum atomic E-state index is 6.68. The first-order valence-electron chi connectivity index (χ1n) is 12.1. The Hall–Kier alpha value is -2.82. The van der Waals surface area contributed by atoms with Crippen molar-refractivity contribution in [2.24, 2.45) is 0 Å². The minimum atomic E-state index is 0.0229. The van der Waals surface area contributed by atoms with Gasteiger partial charge in [-0.2, -0.15) is 0 Å². The van der Waals surface area contributed by atoms with Crippen molar-refractivity contribution in [3.63, 3.8) is 0 Å². The smallest absolute Gasteiger partial charge is 0.143 e. The molecule has 0 amide bonds. The summed E-state index contributed by atoms with van der Waals surface area (Å²) in [6, 6.07) is 30.1. The fraction of sp³-hybridized carbons (Fsp3) is 0.379. The lowest BCUT2D eigenvalue weighted by molar-refractivity contribution is 0.115. The maximum absolute atomic E-state index is 6.68. The van der Waals surface area contributed by atoms with Crippen molar-refractivity contribution in [3.8, 4) is 5.75 Å². The Balaban J connectivity index is 1.54. The zero-order valence-corrected chi connectivity index (χ0v) is 20.2.